The van der Waals surface area contributed by atoms with Crippen LogP contribution in [0.5, 0.6) is 0 Å². The average molecular weight is 793 g/mol. The molecular formula is C48H90NO7+. The maximum absolute atomic E-state index is 12.7. The summed E-state index contributed by atoms with van der Waals surface area (Å²) in [6, 6.07) is -0.615. The number of hydrogen-bond acceptors (Lipinski definition) is 6. The molecule has 0 aromatic heterocycles. The Balaban J connectivity index is 4.33. The standard InChI is InChI=1S/C48H89NO7/c1-6-8-10-12-14-16-18-20-22-23-24-25-27-29-31-33-35-37-39-47(51)56-44(42-54-41-40-45(48(52)53)49(3,4)5)43-55-46(50)38-36-34-32-30-28-26-21-19-17-15-13-11-9-7-2/h22-25,44-45H,6-21,26-43H2,1-5H3/p+1/b23-22+,25-24+. The van der Waals surface area contributed by atoms with Crippen molar-refractivity contribution in [2.45, 2.75) is 225 Å². The number of unbranched alkanes of at least 4 members (excludes halogenated alkanes) is 25. The predicted molar refractivity (Wildman–Crippen MR) is 234 cm³/mol. The van der Waals surface area contributed by atoms with Gasteiger partial charge in [0.2, 0.25) is 0 Å². The van der Waals surface area contributed by atoms with Gasteiger partial charge in [0.05, 0.1) is 34.4 Å². The van der Waals surface area contributed by atoms with Crippen molar-refractivity contribution in [3.8, 4) is 0 Å². The van der Waals surface area contributed by atoms with Gasteiger partial charge < -0.3 is 23.8 Å². The van der Waals surface area contributed by atoms with Gasteiger partial charge >= 0.3 is 17.9 Å². The third kappa shape index (κ3) is 37.4. The number of carboxylic acid groups (broad SMARTS) is 1. The van der Waals surface area contributed by atoms with Crippen LogP contribution in [-0.2, 0) is 28.6 Å². The number of likely N-dealkylation sites (N-methyl/N-ethyl adjacent to an activating group) is 1. The van der Waals surface area contributed by atoms with Crippen molar-refractivity contribution < 1.29 is 38.2 Å². The Morgan fingerprint density at radius 1 is 0.536 bits per heavy atom. The van der Waals surface area contributed by atoms with Crippen LogP contribution in [0.2, 0.25) is 0 Å². The van der Waals surface area contributed by atoms with Crippen LogP contribution in [0.1, 0.15) is 213 Å². The zero-order chi connectivity index (χ0) is 41.4. The summed E-state index contributed by atoms with van der Waals surface area (Å²) in [7, 11) is 5.53. The van der Waals surface area contributed by atoms with Crippen LogP contribution in [0.4, 0.5) is 0 Å². The second-order valence-corrected chi connectivity index (χ2v) is 17.0. The minimum atomic E-state index is -0.875. The first-order chi connectivity index (χ1) is 27.1. The molecule has 0 rings (SSSR count). The lowest BCUT2D eigenvalue weighted by Gasteiger charge is -2.31. The molecule has 1 N–H and O–H groups in total. The molecule has 2 unspecified atom stereocenters. The van der Waals surface area contributed by atoms with Gasteiger partial charge in [-0.3, -0.25) is 9.59 Å². The summed E-state index contributed by atoms with van der Waals surface area (Å²) in [5.41, 5.74) is 0. The molecule has 0 saturated heterocycles. The number of carbonyl (C=O) groups is 3. The topological polar surface area (TPSA) is 99.1 Å². The SMILES string of the molecule is CCCCCCCCC/C=C/C=C/CCCCCCCC(=O)OC(COCCC(C(=O)O)[N+](C)(C)C)COC(=O)CCCCCCCCCCCCCCCC. The molecule has 56 heavy (non-hydrogen) atoms. The maximum atomic E-state index is 12.7. The van der Waals surface area contributed by atoms with Crippen LogP contribution in [0, 0.1) is 0 Å². The molecule has 0 aliphatic heterocycles. The fourth-order valence-corrected chi connectivity index (χ4v) is 6.97. The Bertz CT molecular complexity index is 973. The summed E-state index contributed by atoms with van der Waals surface area (Å²) in [5, 5.41) is 9.62. The van der Waals surface area contributed by atoms with E-state index in [1.165, 1.54) is 122 Å². The summed E-state index contributed by atoms with van der Waals surface area (Å²) < 4.78 is 17.3. The van der Waals surface area contributed by atoms with Gasteiger partial charge in [0.15, 0.2) is 12.1 Å². The third-order valence-electron chi connectivity index (χ3n) is 10.6. The van der Waals surface area contributed by atoms with Gasteiger partial charge in [-0.05, 0) is 38.5 Å². The molecule has 0 bridgehead atoms. The van der Waals surface area contributed by atoms with E-state index in [1.807, 2.05) is 21.1 Å². The second-order valence-electron chi connectivity index (χ2n) is 17.0. The number of esters is 2. The molecule has 0 amide bonds. The van der Waals surface area contributed by atoms with E-state index in [9.17, 15) is 19.5 Å². The first kappa shape index (κ1) is 53.8. The van der Waals surface area contributed by atoms with E-state index in [0.29, 0.717) is 19.3 Å². The molecule has 328 valence electrons. The van der Waals surface area contributed by atoms with Gasteiger partial charge in [-0.15, -0.1) is 0 Å². The van der Waals surface area contributed by atoms with Crippen LogP contribution < -0.4 is 0 Å². The monoisotopic (exact) mass is 793 g/mol. The van der Waals surface area contributed by atoms with Crippen LogP contribution in [0.25, 0.3) is 0 Å². The number of ether oxygens (including phenoxy) is 3. The quantitative estimate of drug-likeness (QED) is 0.0284. The van der Waals surface area contributed by atoms with Gasteiger partial charge in [0.25, 0.3) is 0 Å². The third-order valence-corrected chi connectivity index (χ3v) is 10.6. The summed E-state index contributed by atoms with van der Waals surface area (Å²) in [6.07, 6.45) is 43.6. The van der Waals surface area contributed by atoms with Crippen LogP contribution in [-0.4, -0.2) is 80.6 Å². The van der Waals surface area contributed by atoms with Crippen LogP contribution >= 0.6 is 0 Å². The number of rotatable bonds is 42. The van der Waals surface area contributed by atoms with E-state index < -0.39 is 18.1 Å². The molecule has 0 aliphatic carbocycles. The van der Waals surface area contributed by atoms with Crippen molar-refractivity contribution in [3.05, 3.63) is 24.3 Å². The molecule has 0 aliphatic rings. The van der Waals surface area contributed by atoms with E-state index in [-0.39, 0.29) is 36.2 Å². The van der Waals surface area contributed by atoms with Gasteiger partial charge in [0, 0.05) is 19.3 Å². The Morgan fingerprint density at radius 2 is 0.929 bits per heavy atom. The van der Waals surface area contributed by atoms with Crippen molar-refractivity contribution in [3.63, 3.8) is 0 Å². The minimum absolute atomic E-state index is 0.0529. The summed E-state index contributed by atoms with van der Waals surface area (Å²) >= 11 is 0. The molecule has 0 radical (unpaired) electrons. The lowest BCUT2D eigenvalue weighted by atomic mass is 10.0. The molecule has 8 heteroatoms. The fourth-order valence-electron chi connectivity index (χ4n) is 6.97. The lowest BCUT2D eigenvalue weighted by molar-refractivity contribution is -0.887. The largest absolute Gasteiger partial charge is 0.477 e. The van der Waals surface area contributed by atoms with Gasteiger partial charge in [0.1, 0.15) is 6.61 Å². The Kier molecular flexibility index (Phi) is 38.1. The molecule has 2 atom stereocenters. The highest BCUT2D eigenvalue weighted by atomic mass is 16.6. The highest BCUT2D eigenvalue weighted by Crippen LogP contribution is 2.15. The summed E-state index contributed by atoms with van der Waals surface area (Å²) in [4.78, 5) is 37.0. The highest BCUT2D eigenvalue weighted by Gasteiger charge is 2.31. The second kappa shape index (κ2) is 39.6. The molecule has 0 fully saturated rings. The normalized spacial score (nSPS) is 13.1. The molecule has 8 nitrogen and oxygen atoms in total. The summed E-state index contributed by atoms with van der Waals surface area (Å²) in [6.45, 7) is 4.74. The molecule has 0 heterocycles. The minimum Gasteiger partial charge on any atom is -0.477 e. The van der Waals surface area contributed by atoms with Crippen molar-refractivity contribution in [1.82, 2.24) is 0 Å². The predicted octanol–water partition coefficient (Wildman–Crippen LogP) is 12.9. The van der Waals surface area contributed by atoms with E-state index >= 15 is 0 Å². The van der Waals surface area contributed by atoms with Crippen molar-refractivity contribution in [1.29, 1.82) is 0 Å². The zero-order valence-corrected chi connectivity index (χ0v) is 37.3. The number of carboxylic acids is 1. The fraction of sp³-hybridized carbons (Fsp3) is 0.854. The Hall–Kier alpha value is -2.19. The molecule has 0 aromatic rings. The van der Waals surface area contributed by atoms with E-state index in [4.69, 9.17) is 14.2 Å². The number of aliphatic carboxylic acids is 1. The van der Waals surface area contributed by atoms with E-state index in [0.717, 1.165) is 57.8 Å². The Morgan fingerprint density at radius 3 is 1.34 bits per heavy atom. The first-order valence-electron chi connectivity index (χ1n) is 23.4. The molecule has 0 aromatic carbocycles. The highest BCUT2D eigenvalue weighted by molar-refractivity contribution is 5.72. The smallest absolute Gasteiger partial charge is 0.362 e. The number of allylic oxidation sites excluding steroid dienone is 4. The Labute approximate surface area is 345 Å². The van der Waals surface area contributed by atoms with Gasteiger partial charge in [-0.1, -0.05) is 179 Å². The van der Waals surface area contributed by atoms with Gasteiger partial charge in [-0.2, -0.15) is 0 Å². The van der Waals surface area contributed by atoms with Crippen LogP contribution in [0.15, 0.2) is 24.3 Å². The zero-order valence-electron chi connectivity index (χ0n) is 37.3. The molecular weight excluding hydrogens is 703 g/mol. The lowest BCUT2D eigenvalue weighted by Crippen LogP contribution is -2.50. The number of nitrogens with zero attached hydrogens (tertiary/aromatic N) is 1. The van der Waals surface area contributed by atoms with Gasteiger partial charge in [-0.25, -0.2) is 4.79 Å². The number of hydrogen-bond donors (Lipinski definition) is 1. The van der Waals surface area contributed by atoms with E-state index in [2.05, 4.69) is 38.2 Å². The van der Waals surface area contributed by atoms with Crippen molar-refractivity contribution >= 4 is 17.9 Å². The van der Waals surface area contributed by atoms with Crippen molar-refractivity contribution in [2.24, 2.45) is 0 Å². The van der Waals surface area contributed by atoms with Crippen molar-refractivity contribution in [2.75, 3.05) is 41.0 Å². The molecule has 0 saturated carbocycles. The maximum Gasteiger partial charge on any atom is 0.362 e. The average Bonchev–Trinajstić information content (AvgIpc) is 3.15. The molecule has 0 spiro atoms. The first-order valence-corrected chi connectivity index (χ1v) is 23.4. The van der Waals surface area contributed by atoms with Crippen LogP contribution in [0.3, 0.4) is 0 Å². The number of carbonyl (C=O) groups excluding carboxylic acids is 2. The van der Waals surface area contributed by atoms with E-state index in [1.54, 1.807) is 0 Å². The number of quaternary nitrogens is 1. The summed E-state index contributed by atoms with van der Waals surface area (Å²) in [5.74, 6) is -1.47.